The molecule has 0 spiro atoms. The van der Waals surface area contributed by atoms with E-state index in [1.807, 2.05) is 0 Å². The third-order valence-corrected chi connectivity index (χ3v) is 4.47. The summed E-state index contributed by atoms with van der Waals surface area (Å²) in [6.07, 6.45) is 1.19. The number of likely N-dealkylation sites (tertiary alicyclic amines) is 1. The summed E-state index contributed by atoms with van der Waals surface area (Å²) >= 11 is 0. The van der Waals surface area contributed by atoms with Gasteiger partial charge in [-0.05, 0) is 29.1 Å². The molecule has 5 nitrogen and oxygen atoms in total. The number of fused-ring (bicyclic) bond motifs is 1. The fourth-order valence-electron chi connectivity index (χ4n) is 3.20. The Morgan fingerprint density at radius 2 is 1.96 bits per heavy atom. The van der Waals surface area contributed by atoms with Crippen molar-refractivity contribution in [2.75, 3.05) is 13.1 Å². The number of halogens is 1. The van der Waals surface area contributed by atoms with Crippen LogP contribution in [0.5, 0.6) is 5.75 Å². The molecule has 1 heterocycles. The first-order chi connectivity index (χ1) is 11.9. The fraction of sp³-hybridized carbons (Fsp3) is 0.368. The van der Waals surface area contributed by atoms with Gasteiger partial charge < -0.3 is 14.7 Å². The van der Waals surface area contributed by atoms with Crippen molar-refractivity contribution in [2.24, 2.45) is 0 Å². The Morgan fingerprint density at radius 3 is 2.60 bits per heavy atom. The lowest BCUT2D eigenvalue weighted by Gasteiger charge is -2.31. The fourth-order valence-corrected chi connectivity index (χ4v) is 3.20. The Kier molecular flexibility index (Phi) is 4.88. The van der Waals surface area contributed by atoms with Gasteiger partial charge in [0.15, 0.2) is 0 Å². The minimum absolute atomic E-state index is 0.0504. The number of nitrogens with zero attached hydrogens (tertiary/aromatic N) is 1. The number of carbonyl (C=O) groups excluding carboxylic acids is 1. The molecule has 0 aliphatic carbocycles. The molecule has 1 fully saturated rings. The highest BCUT2D eigenvalue weighted by Crippen LogP contribution is 2.31. The van der Waals surface area contributed by atoms with Crippen LogP contribution in [0.2, 0.25) is 0 Å². The number of benzene rings is 2. The van der Waals surface area contributed by atoms with Crippen LogP contribution in [-0.2, 0) is 16.0 Å². The number of rotatable bonds is 4. The van der Waals surface area contributed by atoms with Crippen molar-refractivity contribution in [3.63, 3.8) is 0 Å². The standard InChI is InChI=1S/C19H20FNO4/c1-12(22)21-6-4-16(5-7-21)25-18-9-13(10-19(23)24)8-14-2-3-15(20)11-17(14)18/h2-3,8-9,11,16H,4-7,10H2,1H3,(H,23,24). The van der Waals surface area contributed by atoms with Gasteiger partial charge in [-0.15, -0.1) is 0 Å². The zero-order valence-electron chi connectivity index (χ0n) is 14.0. The van der Waals surface area contributed by atoms with Crippen molar-refractivity contribution in [2.45, 2.75) is 32.3 Å². The van der Waals surface area contributed by atoms with Gasteiger partial charge in [-0.3, -0.25) is 9.59 Å². The van der Waals surface area contributed by atoms with Crippen molar-refractivity contribution < 1.29 is 23.8 Å². The van der Waals surface area contributed by atoms with Gasteiger partial charge in [0.25, 0.3) is 0 Å². The largest absolute Gasteiger partial charge is 0.490 e. The predicted molar refractivity (Wildman–Crippen MR) is 91.1 cm³/mol. The lowest BCUT2D eigenvalue weighted by molar-refractivity contribution is -0.136. The number of amides is 1. The van der Waals surface area contributed by atoms with Gasteiger partial charge in [-0.2, -0.15) is 0 Å². The van der Waals surface area contributed by atoms with Crippen LogP contribution in [0.1, 0.15) is 25.3 Å². The molecule has 0 saturated carbocycles. The number of carbonyl (C=O) groups is 2. The van der Waals surface area contributed by atoms with Crippen LogP contribution >= 0.6 is 0 Å². The molecule has 1 amide bonds. The van der Waals surface area contributed by atoms with Crippen molar-refractivity contribution >= 4 is 22.6 Å². The molecular formula is C19H20FNO4. The molecule has 25 heavy (non-hydrogen) atoms. The second kappa shape index (κ2) is 7.09. The second-order valence-electron chi connectivity index (χ2n) is 6.35. The summed E-state index contributed by atoms with van der Waals surface area (Å²) in [4.78, 5) is 24.2. The van der Waals surface area contributed by atoms with E-state index in [-0.39, 0.29) is 24.2 Å². The Balaban J connectivity index is 1.87. The second-order valence-corrected chi connectivity index (χ2v) is 6.35. The smallest absolute Gasteiger partial charge is 0.307 e. The molecule has 0 aromatic heterocycles. The van der Waals surface area contributed by atoms with E-state index in [4.69, 9.17) is 9.84 Å². The van der Waals surface area contributed by atoms with Crippen molar-refractivity contribution in [3.05, 3.63) is 41.7 Å². The Labute approximate surface area is 145 Å². The first-order valence-electron chi connectivity index (χ1n) is 8.28. The molecular weight excluding hydrogens is 325 g/mol. The summed E-state index contributed by atoms with van der Waals surface area (Å²) < 4.78 is 19.7. The van der Waals surface area contributed by atoms with Gasteiger partial charge in [-0.25, -0.2) is 4.39 Å². The number of carboxylic acid groups (broad SMARTS) is 1. The molecule has 1 saturated heterocycles. The highest BCUT2D eigenvalue weighted by atomic mass is 19.1. The van der Waals surface area contributed by atoms with E-state index in [9.17, 15) is 14.0 Å². The molecule has 1 aliphatic heterocycles. The summed E-state index contributed by atoms with van der Waals surface area (Å²) in [5.41, 5.74) is 0.614. The molecule has 1 N–H and O–H groups in total. The Morgan fingerprint density at radius 1 is 1.24 bits per heavy atom. The number of piperidine rings is 1. The third-order valence-electron chi connectivity index (χ3n) is 4.47. The third kappa shape index (κ3) is 4.07. The molecule has 2 aromatic rings. The summed E-state index contributed by atoms with van der Waals surface area (Å²) in [5.74, 6) is -0.749. The summed E-state index contributed by atoms with van der Waals surface area (Å²) in [6, 6.07) is 7.80. The van der Waals surface area contributed by atoms with Gasteiger partial charge in [0.2, 0.25) is 5.91 Å². The van der Waals surface area contributed by atoms with Crippen LogP contribution < -0.4 is 4.74 Å². The molecule has 0 bridgehead atoms. The molecule has 6 heteroatoms. The predicted octanol–water partition coefficient (Wildman–Crippen LogP) is 3.00. The molecule has 2 aromatic carbocycles. The van der Waals surface area contributed by atoms with Crippen LogP contribution in [0, 0.1) is 5.82 Å². The number of aliphatic carboxylic acids is 1. The highest BCUT2D eigenvalue weighted by molar-refractivity contribution is 5.90. The van der Waals surface area contributed by atoms with Crippen LogP contribution in [-0.4, -0.2) is 41.1 Å². The maximum Gasteiger partial charge on any atom is 0.307 e. The summed E-state index contributed by atoms with van der Waals surface area (Å²) in [7, 11) is 0. The zero-order valence-corrected chi connectivity index (χ0v) is 14.0. The Bertz CT molecular complexity index is 812. The lowest BCUT2D eigenvalue weighted by atomic mass is 10.0. The molecule has 1 aliphatic rings. The zero-order chi connectivity index (χ0) is 18.0. The van der Waals surface area contributed by atoms with Crippen LogP contribution in [0.15, 0.2) is 30.3 Å². The minimum atomic E-state index is -0.929. The maximum absolute atomic E-state index is 13.7. The first kappa shape index (κ1) is 17.2. The summed E-state index contributed by atoms with van der Waals surface area (Å²) in [6.45, 7) is 2.80. The van der Waals surface area contributed by atoms with Crippen LogP contribution in [0.4, 0.5) is 4.39 Å². The van der Waals surface area contributed by atoms with E-state index in [0.29, 0.717) is 42.6 Å². The average molecular weight is 345 g/mol. The van der Waals surface area contributed by atoms with Crippen LogP contribution in [0.25, 0.3) is 10.8 Å². The van der Waals surface area contributed by atoms with Crippen molar-refractivity contribution in [3.8, 4) is 5.75 Å². The summed E-state index contributed by atoms with van der Waals surface area (Å²) in [5, 5.41) is 10.4. The van der Waals surface area contributed by atoms with Gasteiger partial charge >= 0.3 is 5.97 Å². The lowest BCUT2D eigenvalue weighted by Crippen LogP contribution is -2.40. The molecule has 0 atom stereocenters. The number of hydrogen-bond acceptors (Lipinski definition) is 3. The first-order valence-corrected chi connectivity index (χ1v) is 8.28. The SMILES string of the molecule is CC(=O)N1CCC(Oc2cc(CC(=O)O)cc3ccc(F)cc23)CC1. The average Bonchev–Trinajstić information content (AvgIpc) is 2.55. The molecule has 0 unspecified atom stereocenters. The number of hydrogen-bond donors (Lipinski definition) is 1. The highest BCUT2D eigenvalue weighted by Gasteiger charge is 2.23. The van der Waals surface area contributed by atoms with Crippen molar-refractivity contribution in [1.29, 1.82) is 0 Å². The molecule has 132 valence electrons. The maximum atomic E-state index is 13.7. The van der Waals surface area contributed by atoms with Gasteiger partial charge in [0, 0.05) is 38.2 Å². The van der Waals surface area contributed by atoms with E-state index < -0.39 is 5.97 Å². The van der Waals surface area contributed by atoms with E-state index in [2.05, 4.69) is 0 Å². The monoisotopic (exact) mass is 345 g/mol. The topological polar surface area (TPSA) is 66.8 Å². The van der Waals surface area contributed by atoms with Gasteiger partial charge in [0.1, 0.15) is 17.7 Å². The van der Waals surface area contributed by atoms with E-state index in [0.717, 1.165) is 5.39 Å². The normalized spacial score (nSPS) is 15.4. The number of carboxylic acids is 1. The van der Waals surface area contributed by atoms with Crippen LogP contribution in [0.3, 0.4) is 0 Å². The number of ether oxygens (including phenoxy) is 1. The Hall–Kier alpha value is -2.63. The van der Waals surface area contributed by atoms with Gasteiger partial charge in [0.05, 0.1) is 6.42 Å². The van der Waals surface area contributed by atoms with Crippen molar-refractivity contribution in [1.82, 2.24) is 4.90 Å². The van der Waals surface area contributed by atoms with E-state index in [1.54, 1.807) is 30.0 Å². The quantitative estimate of drug-likeness (QED) is 0.925. The van der Waals surface area contributed by atoms with Gasteiger partial charge in [-0.1, -0.05) is 12.1 Å². The molecule has 3 rings (SSSR count). The van der Waals surface area contributed by atoms with E-state index in [1.165, 1.54) is 12.1 Å². The minimum Gasteiger partial charge on any atom is -0.490 e. The van der Waals surface area contributed by atoms with E-state index >= 15 is 0 Å². The molecule has 0 radical (unpaired) electrons.